The topological polar surface area (TPSA) is 80.9 Å². The number of phenols is 4. The van der Waals surface area contributed by atoms with Crippen LogP contribution in [0.1, 0.15) is 62.8 Å². The van der Waals surface area contributed by atoms with Crippen molar-refractivity contribution in [2.75, 3.05) is 0 Å². The number of benzene rings is 8. The molecule has 59 heavy (non-hydrogen) atoms. The third-order valence-electron chi connectivity index (χ3n) is 11.7. The first kappa shape index (κ1) is 38.8. The molecule has 0 aliphatic rings. The Hall–Kier alpha value is -7.04. The Morgan fingerprint density at radius 3 is 0.712 bits per heavy atom. The largest absolute Gasteiger partial charge is 0.507 e. The summed E-state index contributed by atoms with van der Waals surface area (Å²) < 4.78 is 0. The van der Waals surface area contributed by atoms with E-state index < -0.39 is 0 Å². The van der Waals surface area contributed by atoms with Gasteiger partial charge in [0, 0.05) is 34.1 Å². The molecular weight excluding hydrogens is 725 g/mol. The zero-order chi connectivity index (χ0) is 41.2. The van der Waals surface area contributed by atoms with Crippen molar-refractivity contribution in [2.45, 2.75) is 46.0 Å². The number of phenolic OH excluding ortho intramolecular Hbond substituents is 4. The van der Waals surface area contributed by atoms with E-state index in [0.29, 0.717) is 6.42 Å². The van der Waals surface area contributed by atoms with Gasteiger partial charge in [0.2, 0.25) is 0 Å². The third kappa shape index (κ3) is 7.82. The molecule has 0 aliphatic heterocycles. The molecule has 0 heterocycles. The van der Waals surface area contributed by atoms with Gasteiger partial charge >= 0.3 is 0 Å². The molecule has 8 aromatic carbocycles. The maximum Gasteiger partial charge on any atom is 0.126 e. The average Bonchev–Trinajstić information content (AvgIpc) is 3.26. The van der Waals surface area contributed by atoms with E-state index in [9.17, 15) is 20.4 Å². The lowest BCUT2D eigenvalue weighted by atomic mass is 9.75. The van der Waals surface area contributed by atoms with Gasteiger partial charge < -0.3 is 20.4 Å². The Kier molecular flexibility index (Phi) is 10.8. The second-order valence-electron chi connectivity index (χ2n) is 15.7. The highest BCUT2D eigenvalue weighted by atomic mass is 16.3. The van der Waals surface area contributed by atoms with Crippen LogP contribution in [0.25, 0.3) is 44.5 Å². The molecule has 0 fully saturated rings. The highest BCUT2D eigenvalue weighted by Gasteiger charge is 2.28. The summed E-state index contributed by atoms with van der Waals surface area (Å²) in [6.45, 7) is 7.79. The van der Waals surface area contributed by atoms with E-state index in [1.165, 1.54) is 0 Å². The van der Waals surface area contributed by atoms with Crippen molar-refractivity contribution in [1.82, 2.24) is 0 Å². The van der Waals surface area contributed by atoms with Gasteiger partial charge in [-0.2, -0.15) is 0 Å². The molecule has 0 saturated heterocycles. The minimum absolute atomic E-state index is 0.241. The van der Waals surface area contributed by atoms with Crippen LogP contribution < -0.4 is 0 Å². The molecule has 8 aromatic rings. The van der Waals surface area contributed by atoms with Gasteiger partial charge in [0.05, 0.1) is 0 Å². The van der Waals surface area contributed by atoms with Crippen LogP contribution in [-0.4, -0.2) is 20.4 Å². The van der Waals surface area contributed by atoms with Crippen molar-refractivity contribution < 1.29 is 20.4 Å². The fourth-order valence-electron chi connectivity index (χ4n) is 8.55. The first-order valence-electron chi connectivity index (χ1n) is 20.1. The smallest absolute Gasteiger partial charge is 0.126 e. The summed E-state index contributed by atoms with van der Waals surface area (Å²) in [6.07, 6.45) is 0.577. The maximum absolute atomic E-state index is 11.5. The van der Waals surface area contributed by atoms with Gasteiger partial charge in [-0.05, 0) is 125 Å². The van der Waals surface area contributed by atoms with E-state index in [1.54, 1.807) is 0 Å². The zero-order valence-electron chi connectivity index (χ0n) is 33.8. The number of aromatic hydroxyl groups is 4. The molecule has 0 unspecified atom stereocenters. The van der Waals surface area contributed by atoms with E-state index in [-0.39, 0.29) is 34.8 Å². The lowest BCUT2D eigenvalue weighted by Gasteiger charge is -2.29. The molecule has 0 saturated carbocycles. The van der Waals surface area contributed by atoms with E-state index in [2.05, 4.69) is 48.5 Å². The summed E-state index contributed by atoms with van der Waals surface area (Å²) >= 11 is 0. The number of rotatable bonds is 10. The molecule has 4 heteroatoms. The molecule has 4 nitrogen and oxygen atoms in total. The predicted molar refractivity (Wildman–Crippen MR) is 241 cm³/mol. The molecule has 0 aliphatic carbocycles. The molecule has 0 amide bonds. The van der Waals surface area contributed by atoms with Gasteiger partial charge in [0.25, 0.3) is 0 Å². The van der Waals surface area contributed by atoms with Crippen LogP contribution in [0.4, 0.5) is 0 Å². The van der Waals surface area contributed by atoms with Crippen LogP contribution in [0.5, 0.6) is 23.0 Å². The minimum atomic E-state index is -0.243. The van der Waals surface area contributed by atoms with Crippen molar-refractivity contribution in [1.29, 1.82) is 0 Å². The monoisotopic (exact) mass is 772 g/mol. The summed E-state index contributed by atoms with van der Waals surface area (Å²) in [5, 5.41) is 46.2. The Balaban J connectivity index is 1.41. The van der Waals surface area contributed by atoms with Crippen LogP contribution in [0.2, 0.25) is 0 Å². The molecule has 4 N–H and O–H groups in total. The Labute approximate surface area is 347 Å². The molecular formula is C55H48O4. The Morgan fingerprint density at radius 2 is 0.508 bits per heavy atom. The number of hydrogen-bond acceptors (Lipinski definition) is 4. The van der Waals surface area contributed by atoms with E-state index >= 15 is 0 Å². The van der Waals surface area contributed by atoms with Gasteiger partial charge in [0.15, 0.2) is 0 Å². The van der Waals surface area contributed by atoms with E-state index in [4.69, 9.17) is 0 Å². The molecule has 0 radical (unpaired) electrons. The van der Waals surface area contributed by atoms with Crippen LogP contribution in [0.3, 0.4) is 0 Å². The predicted octanol–water partition coefficient (Wildman–Crippen LogP) is 13.8. The van der Waals surface area contributed by atoms with Crippen molar-refractivity contribution in [3.63, 3.8) is 0 Å². The summed E-state index contributed by atoms with van der Waals surface area (Å²) in [5.41, 5.74) is 13.8. The fraction of sp³-hybridized carbons (Fsp3) is 0.127. The average molecular weight is 773 g/mol. The fourth-order valence-corrected chi connectivity index (χ4v) is 8.55. The molecule has 8 rings (SSSR count). The lowest BCUT2D eigenvalue weighted by molar-refractivity contribution is 0.472. The lowest BCUT2D eigenvalue weighted by Crippen LogP contribution is -2.12. The second-order valence-corrected chi connectivity index (χ2v) is 15.7. The van der Waals surface area contributed by atoms with Crippen LogP contribution in [0.15, 0.2) is 170 Å². The summed E-state index contributed by atoms with van der Waals surface area (Å²) in [6, 6.07) is 56.7. The van der Waals surface area contributed by atoms with Gasteiger partial charge in [0.1, 0.15) is 23.0 Å². The van der Waals surface area contributed by atoms with Crippen LogP contribution in [0, 0.1) is 27.7 Å². The molecule has 292 valence electrons. The number of aryl methyl sites for hydroxylation is 4. The van der Waals surface area contributed by atoms with Gasteiger partial charge in [-0.25, -0.2) is 0 Å². The van der Waals surface area contributed by atoms with Gasteiger partial charge in [-0.1, -0.05) is 146 Å². The third-order valence-corrected chi connectivity index (χ3v) is 11.7. The van der Waals surface area contributed by atoms with Crippen molar-refractivity contribution in [3.8, 4) is 67.5 Å². The zero-order valence-corrected chi connectivity index (χ0v) is 33.8. The van der Waals surface area contributed by atoms with Crippen LogP contribution in [-0.2, 0) is 0 Å². The maximum atomic E-state index is 11.5. The first-order chi connectivity index (χ1) is 28.6. The van der Waals surface area contributed by atoms with E-state index in [0.717, 1.165) is 89.0 Å². The minimum Gasteiger partial charge on any atom is -0.507 e. The standard InChI is InChI=1S/C55H48O4/c1-34-25-42(29-48(52(34)56)38-17-9-5-10-18-38)46(43-26-35(2)53(57)49(30-43)39-19-11-6-12-20-39)33-47(44-27-36(3)54(58)50(31-44)40-21-13-7-14-22-40)45-28-37(4)55(59)51(32-45)41-23-15-8-16-24-41/h5-32,46-47,56-59H,33H2,1-4H3. The highest BCUT2D eigenvalue weighted by Crippen LogP contribution is 2.48. The highest BCUT2D eigenvalue weighted by molar-refractivity contribution is 5.77. The number of hydrogen-bond donors (Lipinski definition) is 4. The van der Waals surface area contributed by atoms with Gasteiger partial charge in [-0.3, -0.25) is 0 Å². The summed E-state index contributed by atoms with van der Waals surface area (Å²) in [5.74, 6) is 0.478. The molecule has 0 bridgehead atoms. The Morgan fingerprint density at radius 1 is 0.305 bits per heavy atom. The van der Waals surface area contributed by atoms with Crippen molar-refractivity contribution in [3.05, 3.63) is 214 Å². The van der Waals surface area contributed by atoms with Crippen molar-refractivity contribution in [2.24, 2.45) is 0 Å². The molecule has 0 aromatic heterocycles. The first-order valence-corrected chi connectivity index (χ1v) is 20.1. The normalized spacial score (nSPS) is 11.4. The quantitative estimate of drug-likeness (QED) is 0.112. The molecule has 0 spiro atoms. The molecule has 0 atom stereocenters. The SMILES string of the molecule is Cc1cc(C(CC(c2cc(C)c(O)c(-c3ccccc3)c2)c2cc(C)c(O)c(-c3ccccc3)c2)c2cc(C)c(O)c(-c3ccccc3)c2)cc(-c2ccccc2)c1O. The van der Waals surface area contributed by atoms with Crippen molar-refractivity contribution >= 4 is 0 Å². The summed E-state index contributed by atoms with van der Waals surface area (Å²) in [4.78, 5) is 0. The van der Waals surface area contributed by atoms with E-state index in [1.807, 2.05) is 149 Å². The van der Waals surface area contributed by atoms with Crippen LogP contribution >= 0.6 is 0 Å². The summed E-state index contributed by atoms with van der Waals surface area (Å²) in [7, 11) is 0. The van der Waals surface area contributed by atoms with Gasteiger partial charge in [-0.15, -0.1) is 0 Å². The Bertz CT molecular complexity index is 2380. The second kappa shape index (κ2) is 16.4.